The molecule has 1 saturated heterocycles. The molecule has 92 valence electrons. The lowest BCUT2D eigenvalue weighted by Gasteiger charge is -2.37. The molecule has 0 aromatic carbocycles. The summed E-state index contributed by atoms with van der Waals surface area (Å²) in [4.78, 5) is 12.2. The number of ketones is 1. The smallest absolute Gasteiger partial charge is 0.158 e. The van der Waals surface area contributed by atoms with Crippen molar-refractivity contribution in [1.29, 1.82) is 0 Å². The maximum Gasteiger partial charge on any atom is 0.158 e. The number of ether oxygens (including phenoxy) is 2. The number of rotatable bonds is 1. The van der Waals surface area contributed by atoms with Gasteiger partial charge in [0.15, 0.2) is 6.29 Å². The molecule has 3 heteroatoms. The van der Waals surface area contributed by atoms with Crippen molar-refractivity contribution in [2.75, 3.05) is 13.7 Å². The van der Waals surface area contributed by atoms with Crippen LogP contribution < -0.4 is 0 Å². The Labute approximate surface area is 97.5 Å². The third-order valence-corrected chi connectivity index (χ3v) is 4.25. The van der Waals surface area contributed by atoms with E-state index in [1.54, 1.807) is 7.11 Å². The zero-order chi connectivity index (χ0) is 12.0. The average Bonchev–Trinajstić information content (AvgIpc) is 2.73. The number of hydrogen-bond acceptors (Lipinski definition) is 3. The van der Waals surface area contributed by atoms with E-state index < -0.39 is 0 Å². The van der Waals surface area contributed by atoms with Crippen molar-refractivity contribution in [2.24, 2.45) is 16.7 Å². The first-order valence-corrected chi connectivity index (χ1v) is 6.08. The van der Waals surface area contributed by atoms with E-state index in [2.05, 4.69) is 20.8 Å². The molecule has 3 atom stereocenters. The number of methoxy groups -OCH3 is 1. The Hall–Kier alpha value is -0.410. The molecule has 0 aromatic rings. The molecule has 1 aliphatic heterocycles. The quantitative estimate of drug-likeness (QED) is 0.688. The molecule has 2 rings (SSSR count). The molecule has 2 fully saturated rings. The van der Waals surface area contributed by atoms with Crippen LogP contribution in [0.2, 0.25) is 0 Å². The van der Waals surface area contributed by atoms with E-state index in [0.29, 0.717) is 24.7 Å². The van der Waals surface area contributed by atoms with E-state index in [1.165, 1.54) is 0 Å². The molecule has 0 bridgehead atoms. The third kappa shape index (κ3) is 1.70. The zero-order valence-corrected chi connectivity index (χ0v) is 10.7. The van der Waals surface area contributed by atoms with Gasteiger partial charge in [-0.3, -0.25) is 4.79 Å². The number of carbonyl (C=O) groups excluding carboxylic acids is 1. The molecule has 0 aromatic heterocycles. The maximum absolute atomic E-state index is 12.2. The fourth-order valence-corrected chi connectivity index (χ4v) is 3.50. The average molecular weight is 226 g/mol. The van der Waals surface area contributed by atoms with Crippen LogP contribution in [0.4, 0.5) is 0 Å². The molecule has 1 aliphatic carbocycles. The standard InChI is InChI=1S/C13H22O3/c1-12(2,3)9-5-6-10(14)13(9)7-11(15-4)16-8-13/h9,11H,5-8H2,1-4H3/t9-,11?,13-/m0/s1. The van der Waals surface area contributed by atoms with Crippen LogP contribution >= 0.6 is 0 Å². The predicted molar refractivity (Wildman–Crippen MR) is 61.0 cm³/mol. The summed E-state index contributed by atoms with van der Waals surface area (Å²) in [6, 6.07) is 0. The van der Waals surface area contributed by atoms with Crippen LogP contribution in [0.5, 0.6) is 0 Å². The first-order chi connectivity index (χ1) is 7.40. The van der Waals surface area contributed by atoms with Gasteiger partial charge in [-0.1, -0.05) is 20.8 Å². The predicted octanol–water partition coefficient (Wildman–Crippen LogP) is 2.39. The second-order valence-corrected chi connectivity index (χ2v) is 6.22. The first-order valence-electron chi connectivity index (χ1n) is 6.08. The van der Waals surface area contributed by atoms with Gasteiger partial charge in [-0.25, -0.2) is 0 Å². The second-order valence-electron chi connectivity index (χ2n) is 6.22. The van der Waals surface area contributed by atoms with Crippen molar-refractivity contribution >= 4 is 5.78 Å². The molecule has 1 saturated carbocycles. The number of hydrogen-bond donors (Lipinski definition) is 0. The van der Waals surface area contributed by atoms with Crippen LogP contribution in [0.1, 0.15) is 40.0 Å². The minimum atomic E-state index is -0.265. The SMILES string of the molecule is COC1C[C@@]2(CO1)C(=O)CC[C@H]2C(C)(C)C. The zero-order valence-electron chi connectivity index (χ0n) is 10.7. The minimum absolute atomic E-state index is 0.165. The summed E-state index contributed by atoms with van der Waals surface area (Å²) in [7, 11) is 1.65. The number of carbonyl (C=O) groups is 1. The van der Waals surface area contributed by atoms with Crippen molar-refractivity contribution in [3.8, 4) is 0 Å². The highest BCUT2D eigenvalue weighted by Crippen LogP contribution is 2.54. The highest BCUT2D eigenvalue weighted by molar-refractivity contribution is 5.88. The van der Waals surface area contributed by atoms with Gasteiger partial charge in [-0.2, -0.15) is 0 Å². The Morgan fingerprint density at radius 1 is 1.44 bits per heavy atom. The summed E-state index contributed by atoms with van der Waals surface area (Å²) >= 11 is 0. The Morgan fingerprint density at radius 2 is 2.12 bits per heavy atom. The van der Waals surface area contributed by atoms with Crippen LogP contribution in [0.15, 0.2) is 0 Å². The summed E-state index contributed by atoms with van der Waals surface area (Å²) in [5, 5.41) is 0. The summed E-state index contributed by atoms with van der Waals surface area (Å²) < 4.78 is 10.8. The normalized spacial score (nSPS) is 39.9. The molecule has 1 unspecified atom stereocenters. The Balaban J connectivity index is 2.26. The summed E-state index contributed by atoms with van der Waals surface area (Å²) in [6.07, 6.45) is 2.26. The molecule has 0 radical (unpaired) electrons. The highest BCUT2D eigenvalue weighted by Gasteiger charge is 2.57. The van der Waals surface area contributed by atoms with E-state index in [9.17, 15) is 4.79 Å². The summed E-state index contributed by atoms with van der Waals surface area (Å²) in [6.45, 7) is 7.21. The molecule has 3 nitrogen and oxygen atoms in total. The molecule has 0 amide bonds. The van der Waals surface area contributed by atoms with Gasteiger partial charge in [0.25, 0.3) is 0 Å². The van der Waals surface area contributed by atoms with Crippen LogP contribution in [0.25, 0.3) is 0 Å². The van der Waals surface area contributed by atoms with Gasteiger partial charge in [0.1, 0.15) is 5.78 Å². The highest BCUT2D eigenvalue weighted by atomic mass is 16.7. The molecule has 1 heterocycles. The van der Waals surface area contributed by atoms with Crippen LogP contribution in [0.3, 0.4) is 0 Å². The fourth-order valence-electron chi connectivity index (χ4n) is 3.50. The van der Waals surface area contributed by atoms with Gasteiger partial charge in [0.05, 0.1) is 12.0 Å². The van der Waals surface area contributed by atoms with E-state index in [1.807, 2.05) is 0 Å². The van der Waals surface area contributed by atoms with Gasteiger partial charge >= 0.3 is 0 Å². The van der Waals surface area contributed by atoms with Crippen LogP contribution in [0, 0.1) is 16.7 Å². The minimum Gasteiger partial charge on any atom is -0.356 e. The lowest BCUT2D eigenvalue weighted by molar-refractivity contribution is -0.128. The van der Waals surface area contributed by atoms with Crippen molar-refractivity contribution in [1.82, 2.24) is 0 Å². The number of Topliss-reactive ketones (excluding diaryl/α,β-unsaturated/α-hetero) is 1. The lowest BCUT2D eigenvalue weighted by Crippen LogP contribution is -2.39. The Bertz CT molecular complexity index is 292. The Morgan fingerprint density at radius 3 is 2.62 bits per heavy atom. The van der Waals surface area contributed by atoms with Crippen molar-refractivity contribution < 1.29 is 14.3 Å². The molecule has 1 spiro atoms. The van der Waals surface area contributed by atoms with E-state index in [-0.39, 0.29) is 17.1 Å². The van der Waals surface area contributed by atoms with Gasteiger partial charge in [0, 0.05) is 20.0 Å². The first kappa shape index (κ1) is 12.1. The lowest BCUT2D eigenvalue weighted by atomic mass is 9.65. The summed E-state index contributed by atoms with van der Waals surface area (Å²) in [5.74, 6) is 0.805. The molecular weight excluding hydrogens is 204 g/mol. The summed E-state index contributed by atoms with van der Waals surface area (Å²) in [5.41, 5.74) is -0.100. The largest absolute Gasteiger partial charge is 0.356 e. The van der Waals surface area contributed by atoms with E-state index >= 15 is 0 Å². The van der Waals surface area contributed by atoms with Gasteiger partial charge in [-0.05, 0) is 17.8 Å². The van der Waals surface area contributed by atoms with Crippen LogP contribution in [-0.4, -0.2) is 25.8 Å². The molecule has 16 heavy (non-hydrogen) atoms. The van der Waals surface area contributed by atoms with E-state index in [0.717, 1.165) is 12.8 Å². The molecular formula is C13H22O3. The third-order valence-electron chi connectivity index (χ3n) is 4.25. The van der Waals surface area contributed by atoms with Gasteiger partial charge in [0.2, 0.25) is 0 Å². The van der Waals surface area contributed by atoms with Crippen LogP contribution in [-0.2, 0) is 14.3 Å². The monoisotopic (exact) mass is 226 g/mol. The van der Waals surface area contributed by atoms with Gasteiger partial charge in [-0.15, -0.1) is 0 Å². The van der Waals surface area contributed by atoms with Crippen molar-refractivity contribution in [3.63, 3.8) is 0 Å². The molecule has 0 N–H and O–H groups in total. The van der Waals surface area contributed by atoms with E-state index in [4.69, 9.17) is 9.47 Å². The van der Waals surface area contributed by atoms with Gasteiger partial charge < -0.3 is 9.47 Å². The van der Waals surface area contributed by atoms with Crippen molar-refractivity contribution in [3.05, 3.63) is 0 Å². The molecule has 2 aliphatic rings. The fraction of sp³-hybridized carbons (Fsp3) is 0.923. The Kier molecular flexibility index (Phi) is 2.87. The maximum atomic E-state index is 12.2. The topological polar surface area (TPSA) is 35.5 Å². The second kappa shape index (κ2) is 3.81. The van der Waals surface area contributed by atoms with Crippen molar-refractivity contribution in [2.45, 2.75) is 46.3 Å².